The van der Waals surface area contributed by atoms with Crippen LogP contribution < -0.4 is 14.8 Å². The van der Waals surface area contributed by atoms with E-state index in [1.165, 1.54) is 0 Å². The van der Waals surface area contributed by atoms with E-state index in [1.54, 1.807) is 32.4 Å². The molecule has 1 aromatic carbocycles. The van der Waals surface area contributed by atoms with Crippen molar-refractivity contribution in [2.45, 2.75) is 19.4 Å². The minimum absolute atomic E-state index is 0.0584. The Morgan fingerprint density at radius 3 is 2.56 bits per heavy atom. The molecule has 0 amide bonds. The quantitative estimate of drug-likeness (QED) is 0.828. The van der Waals surface area contributed by atoms with E-state index in [1.807, 2.05) is 0 Å². The molecule has 1 aliphatic rings. The molecule has 4 heteroatoms. The summed E-state index contributed by atoms with van der Waals surface area (Å²) < 4.78 is 10.4. The van der Waals surface area contributed by atoms with Gasteiger partial charge in [0.15, 0.2) is 17.3 Å². The van der Waals surface area contributed by atoms with Crippen LogP contribution >= 0.6 is 0 Å². The van der Waals surface area contributed by atoms with E-state index < -0.39 is 0 Å². The monoisotopic (exact) mass is 249 g/mol. The second-order valence-electron chi connectivity index (χ2n) is 4.57. The molecule has 98 valence electrons. The smallest absolute Gasteiger partial charge is 0.167 e. The number of methoxy groups -OCH3 is 2. The minimum atomic E-state index is 0.0584. The number of Topliss-reactive ketones (excluding diaryl/α,β-unsaturated/α-hetero) is 1. The maximum atomic E-state index is 12.4. The SMILES string of the molecule is COc1ccc(C(=O)C2CCNC2C)cc1OC. The van der Waals surface area contributed by atoms with Gasteiger partial charge in [-0.3, -0.25) is 4.79 Å². The number of carbonyl (C=O) groups is 1. The zero-order valence-corrected chi connectivity index (χ0v) is 11.0. The summed E-state index contributed by atoms with van der Waals surface area (Å²) in [4.78, 5) is 12.4. The Labute approximate surface area is 107 Å². The highest BCUT2D eigenvalue weighted by atomic mass is 16.5. The highest BCUT2D eigenvalue weighted by Gasteiger charge is 2.30. The van der Waals surface area contributed by atoms with Crippen molar-refractivity contribution < 1.29 is 14.3 Å². The molecule has 1 saturated heterocycles. The van der Waals surface area contributed by atoms with E-state index >= 15 is 0 Å². The van der Waals surface area contributed by atoms with Gasteiger partial charge in [-0.2, -0.15) is 0 Å². The van der Waals surface area contributed by atoms with E-state index in [0.29, 0.717) is 17.1 Å². The second-order valence-corrected chi connectivity index (χ2v) is 4.57. The number of nitrogens with one attached hydrogen (secondary N) is 1. The maximum absolute atomic E-state index is 12.4. The first-order chi connectivity index (χ1) is 8.67. The predicted molar refractivity (Wildman–Crippen MR) is 69.4 cm³/mol. The molecular weight excluding hydrogens is 230 g/mol. The number of rotatable bonds is 4. The predicted octanol–water partition coefficient (Wildman–Crippen LogP) is 1.88. The highest BCUT2D eigenvalue weighted by Crippen LogP contribution is 2.30. The van der Waals surface area contributed by atoms with Crippen molar-refractivity contribution in [3.63, 3.8) is 0 Å². The van der Waals surface area contributed by atoms with Gasteiger partial charge in [-0.05, 0) is 38.1 Å². The second kappa shape index (κ2) is 5.40. The Hall–Kier alpha value is -1.55. The summed E-state index contributed by atoms with van der Waals surface area (Å²) in [5.41, 5.74) is 0.688. The fourth-order valence-electron chi connectivity index (χ4n) is 2.42. The molecule has 1 heterocycles. The third kappa shape index (κ3) is 2.34. The van der Waals surface area contributed by atoms with E-state index in [2.05, 4.69) is 12.2 Å². The molecule has 2 rings (SSSR count). The van der Waals surface area contributed by atoms with Crippen LogP contribution in [0.1, 0.15) is 23.7 Å². The molecular formula is C14H19NO3. The summed E-state index contributed by atoms with van der Waals surface area (Å²) in [7, 11) is 3.16. The molecule has 0 spiro atoms. The Kier molecular flexibility index (Phi) is 3.87. The Morgan fingerprint density at radius 2 is 2.00 bits per heavy atom. The van der Waals surface area contributed by atoms with Crippen molar-refractivity contribution in [3.05, 3.63) is 23.8 Å². The maximum Gasteiger partial charge on any atom is 0.167 e. The third-order valence-corrected chi connectivity index (χ3v) is 3.53. The van der Waals surface area contributed by atoms with Crippen LogP contribution in [0.4, 0.5) is 0 Å². The highest BCUT2D eigenvalue weighted by molar-refractivity contribution is 5.99. The van der Waals surface area contributed by atoms with E-state index in [0.717, 1.165) is 13.0 Å². The molecule has 0 bridgehead atoms. The summed E-state index contributed by atoms with van der Waals surface area (Å²) in [6.45, 7) is 2.96. The Balaban J connectivity index is 2.25. The summed E-state index contributed by atoms with van der Waals surface area (Å²) >= 11 is 0. The molecule has 1 fully saturated rings. The van der Waals surface area contributed by atoms with E-state index in [-0.39, 0.29) is 17.7 Å². The van der Waals surface area contributed by atoms with Crippen LogP contribution in [-0.2, 0) is 0 Å². The number of ether oxygens (including phenoxy) is 2. The zero-order valence-electron chi connectivity index (χ0n) is 11.0. The van der Waals surface area contributed by atoms with Gasteiger partial charge in [0.2, 0.25) is 0 Å². The van der Waals surface area contributed by atoms with Gasteiger partial charge in [0, 0.05) is 17.5 Å². The lowest BCUT2D eigenvalue weighted by Gasteiger charge is -2.15. The Morgan fingerprint density at radius 1 is 1.28 bits per heavy atom. The van der Waals surface area contributed by atoms with E-state index in [9.17, 15) is 4.79 Å². The number of carbonyl (C=O) groups excluding carboxylic acids is 1. The summed E-state index contributed by atoms with van der Waals surface area (Å²) in [6.07, 6.45) is 0.897. The van der Waals surface area contributed by atoms with Crippen molar-refractivity contribution in [2.75, 3.05) is 20.8 Å². The molecule has 0 saturated carbocycles. The van der Waals surface area contributed by atoms with Crippen LogP contribution in [0, 0.1) is 5.92 Å². The molecule has 1 aliphatic heterocycles. The van der Waals surface area contributed by atoms with Crippen LogP contribution in [0.2, 0.25) is 0 Å². The summed E-state index contributed by atoms with van der Waals surface area (Å²) in [5, 5.41) is 3.29. The molecule has 2 atom stereocenters. The topological polar surface area (TPSA) is 47.6 Å². The molecule has 1 aromatic rings. The average molecular weight is 249 g/mol. The standard InChI is InChI=1S/C14H19NO3/c1-9-11(6-7-15-9)14(16)10-4-5-12(17-2)13(8-10)18-3/h4-5,8-9,11,15H,6-7H2,1-3H3. The van der Waals surface area contributed by atoms with Crippen LogP contribution in [-0.4, -0.2) is 32.6 Å². The van der Waals surface area contributed by atoms with Gasteiger partial charge in [-0.15, -0.1) is 0 Å². The lowest BCUT2D eigenvalue weighted by Crippen LogP contribution is -2.28. The fraction of sp³-hybridized carbons (Fsp3) is 0.500. The van der Waals surface area contributed by atoms with Crippen LogP contribution in [0.5, 0.6) is 11.5 Å². The number of hydrogen-bond acceptors (Lipinski definition) is 4. The van der Waals surface area contributed by atoms with Crippen molar-refractivity contribution in [2.24, 2.45) is 5.92 Å². The normalized spacial score (nSPS) is 22.8. The van der Waals surface area contributed by atoms with Gasteiger partial charge in [-0.1, -0.05) is 0 Å². The van der Waals surface area contributed by atoms with Crippen molar-refractivity contribution in [3.8, 4) is 11.5 Å². The largest absolute Gasteiger partial charge is 0.493 e. The Bertz CT molecular complexity index is 445. The molecule has 1 N–H and O–H groups in total. The first-order valence-electron chi connectivity index (χ1n) is 6.17. The van der Waals surface area contributed by atoms with Crippen LogP contribution in [0.3, 0.4) is 0 Å². The third-order valence-electron chi connectivity index (χ3n) is 3.53. The van der Waals surface area contributed by atoms with Crippen molar-refractivity contribution in [1.82, 2.24) is 5.32 Å². The average Bonchev–Trinajstić information content (AvgIpc) is 2.83. The number of ketones is 1. The molecule has 2 unspecified atom stereocenters. The van der Waals surface area contributed by atoms with Gasteiger partial charge in [0.05, 0.1) is 14.2 Å². The van der Waals surface area contributed by atoms with Gasteiger partial charge < -0.3 is 14.8 Å². The van der Waals surface area contributed by atoms with Gasteiger partial charge in [0.25, 0.3) is 0 Å². The number of hydrogen-bond donors (Lipinski definition) is 1. The minimum Gasteiger partial charge on any atom is -0.493 e. The lowest BCUT2D eigenvalue weighted by atomic mass is 9.92. The van der Waals surface area contributed by atoms with Gasteiger partial charge in [0.1, 0.15) is 0 Å². The summed E-state index contributed by atoms with van der Waals surface area (Å²) in [6, 6.07) is 5.57. The van der Waals surface area contributed by atoms with Gasteiger partial charge in [-0.25, -0.2) is 0 Å². The number of benzene rings is 1. The van der Waals surface area contributed by atoms with E-state index in [4.69, 9.17) is 9.47 Å². The molecule has 18 heavy (non-hydrogen) atoms. The van der Waals surface area contributed by atoms with Crippen LogP contribution in [0.25, 0.3) is 0 Å². The van der Waals surface area contributed by atoms with Gasteiger partial charge >= 0.3 is 0 Å². The fourth-order valence-corrected chi connectivity index (χ4v) is 2.42. The zero-order chi connectivity index (χ0) is 13.1. The first kappa shape index (κ1) is 12.9. The molecule has 4 nitrogen and oxygen atoms in total. The van der Waals surface area contributed by atoms with Crippen molar-refractivity contribution >= 4 is 5.78 Å². The molecule has 0 radical (unpaired) electrons. The lowest BCUT2D eigenvalue weighted by molar-refractivity contribution is 0.0913. The molecule has 0 aromatic heterocycles. The van der Waals surface area contributed by atoms with Crippen LogP contribution in [0.15, 0.2) is 18.2 Å². The summed E-state index contributed by atoms with van der Waals surface area (Å²) in [5.74, 6) is 1.48. The van der Waals surface area contributed by atoms with Crippen molar-refractivity contribution in [1.29, 1.82) is 0 Å². The molecule has 0 aliphatic carbocycles. The first-order valence-corrected chi connectivity index (χ1v) is 6.17.